The standard InChI is InChI=1S/C13H24N2O4/c1-4-14(9-10-19-3)12(18)15-7-5-13(2,6-8-15)11(16)17/h4-10H2,1-3H3,(H,16,17). The molecule has 6 heteroatoms. The van der Waals surface area contributed by atoms with Crippen LogP contribution in [0.2, 0.25) is 0 Å². The van der Waals surface area contributed by atoms with Crippen LogP contribution in [0, 0.1) is 5.41 Å². The third-order valence-corrected chi connectivity index (χ3v) is 3.87. The lowest BCUT2D eigenvalue weighted by Gasteiger charge is -2.38. The second kappa shape index (κ2) is 6.75. The number of piperidine rings is 1. The Labute approximate surface area is 114 Å². The van der Waals surface area contributed by atoms with Crippen LogP contribution < -0.4 is 0 Å². The van der Waals surface area contributed by atoms with Gasteiger partial charge in [-0.3, -0.25) is 4.79 Å². The number of likely N-dealkylation sites (N-methyl/N-ethyl adjacent to an activating group) is 1. The molecule has 0 radical (unpaired) electrons. The van der Waals surface area contributed by atoms with Gasteiger partial charge in [-0.25, -0.2) is 4.79 Å². The molecule has 0 bridgehead atoms. The van der Waals surface area contributed by atoms with E-state index in [4.69, 9.17) is 9.84 Å². The number of likely N-dealkylation sites (tertiary alicyclic amines) is 1. The van der Waals surface area contributed by atoms with Gasteiger partial charge in [-0.15, -0.1) is 0 Å². The smallest absolute Gasteiger partial charge is 0.320 e. The monoisotopic (exact) mass is 272 g/mol. The molecule has 1 rings (SSSR count). The predicted octanol–water partition coefficient (Wildman–Crippen LogP) is 1.26. The van der Waals surface area contributed by atoms with Gasteiger partial charge in [-0.1, -0.05) is 0 Å². The van der Waals surface area contributed by atoms with Gasteiger partial charge in [0.15, 0.2) is 0 Å². The first-order chi connectivity index (χ1) is 8.94. The second-order valence-electron chi connectivity index (χ2n) is 5.21. The molecule has 0 aromatic heterocycles. The van der Waals surface area contributed by atoms with Crippen LogP contribution in [0.1, 0.15) is 26.7 Å². The lowest BCUT2D eigenvalue weighted by Crippen LogP contribution is -2.50. The van der Waals surface area contributed by atoms with Gasteiger partial charge in [0, 0.05) is 33.3 Å². The summed E-state index contributed by atoms with van der Waals surface area (Å²) in [6, 6.07) is -0.0213. The first kappa shape index (κ1) is 15.8. The molecule has 1 aliphatic rings. The van der Waals surface area contributed by atoms with Crippen LogP contribution in [0.3, 0.4) is 0 Å². The molecular formula is C13H24N2O4. The van der Waals surface area contributed by atoms with Gasteiger partial charge >= 0.3 is 12.0 Å². The number of aliphatic carboxylic acids is 1. The first-order valence-electron chi connectivity index (χ1n) is 6.71. The van der Waals surface area contributed by atoms with E-state index in [2.05, 4.69) is 0 Å². The maximum Gasteiger partial charge on any atom is 0.320 e. The zero-order chi connectivity index (χ0) is 14.5. The van der Waals surface area contributed by atoms with E-state index in [0.717, 1.165) is 0 Å². The number of urea groups is 1. The summed E-state index contributed by atoms with van der Waals surface area (Å²) in [7, 11) is 1.61. The number of hydrogen-bond acceptors (Lipinski definition) is 3. The van der Waals surface area contributed by atoms with Gasteiger partial charge in [0.1, 0.15) is 0 Å². The summed E-state index contributed by atoms with van der Waals surface area (Å²) >= 11 is 0. The summed E-state index contributed by atoms with van der Waals surface area (Å²) in [5.74, 6) is -0.772. The highest BCUT2D eigenvalue weighted by Crippen LogP contribution is 2.31. The van der Waals surface area contributed by atoms with E-state index in [-0.39, 0.29) is 6.03 Å². The molecule has 1 fully saturated rings. The van der Waals surface area contributed by atoms with Gasteiger partial charge in [0.05, 0.1) is 12.0 Å². The van der Waals surface area contributed by atoms with E-state index >= 15 is 0 Å². The van der Waals surface area contributed by atoms with Crippen molar-refractivity contribution in [3.05, 3.63) is 0 Å². The highest BCUT2D eigenvalue weighted by Gasteiger charge is 2.38. The Morgan fingerprint density at radius 2 is 1.95 bits per heavy atom. The third-order valence-electron chi connectivity index (χ3n) is 3.87. The Hall–Kier alpha value is -1.30. The fourth-order valence-corrected chi connectivity index (χ4v) is 2.20. The number of carbonyl (C=O) groups is 2. The molecular weight excluding hydrogens is 248 g/mol. The number of amides is 2. The predicted molar refractivity (Wildman–Crippen MR) is 71.1 cm³/mol. The molecule has 0 aromatic rings. The van der Waals surface area contributed by atoms with Crippen LogP contribution in [0.25, 0.3) is 0 Å². The number of carboxylic acid groups (broad SMARTS) is 1. The van der Waals surface area contributed by atoms with E-state index in [1.54, 1.807) is 23.8 Å². The van der Waals surface area contributed by atoms with E-state index < -0.39 is 11.4 Å². The van der Waals surface area contributed by atoms with Crippen LogP contribution in [-0.4, -0.2) is 66.8 Å². The quantitative estimate of drug-likeness (QED) is 0.818. The van der Waals surface area contributed by atoms with Gasteiger partial charge in [0.25, 0.3) is 0 Å². The Morgan fingerprint density at radius 3 is 2.37 bits per heavy atom. The molecule has 0 atom stereocenters. The van der Waals surface area contributed by atoms with E-state index in [1.807, 2.05) is 6.92 Å². The van der Waals surface area contributed by atoms with Crippen molar-refractivity contribution in [3.63, 3.8) is 0 Å². The minimum absolute atomic E-state index is 0.0213. The summed E-state index contributed by atoms with van der Waals surface area (Å²) < 4.78 is 4.99. The number of carbonyl (C=O) groups excluding carboxylic acids is 1. The van der Waals surface area contributed by atoms with Crippen LogP contribution in [-0.2, 0) is 9.53 Å². The average molecular weight is 272 g/mol. The lowest BCUT2D eigenvalue weighted by molar-refractivity contribution is -0.150. The Bertz CT molecular complexity index is 325. The van der Waals surface area contributed by atoms with E-state index in [0.29, 0.717) is 45.6 Å². The molecule has 19 heavy (non-hydrogen) atoms. The minimum Gasteiger partial charge on any atom is -0.481 e. The molecule has 0 unspecified atom stereocenters. The van der Waals surface area contributed by atoms with Crippen molar-refractivity contribution in [2.75, 3.05) is 39.9 Å². The molecule has 1 heterocycles. The molecule has 1 N–H and O–H groups in total. The summed E-state index contributed by atoms with van der Waals surface area (Å²) in [4.78, 5) is 26.9. The van der Waals surface area contributed by atoms with Crippen LogP contribution in [0.4, 0.5) is 4.79 Å². The summed E-state index contributed by atoms with van der Waals surface area (Å²) in [6.45, 7) is 6.41. The first-order valence-corrected chi connectivity index (χ1v) is 6.71. The van der Waals surface area contributed by atoms with Crippen molar-refractivity contribution in [2.45, 2.75) is 26.7 Å². The molecule has 0 aliphatic carbocycles. The van der Waals surface area contributed by atoms with Crippen molar-refractivity contribution in [1.82, 2.24) is 9.80 Å². The fourth-order valence-electron chi connectivity index (χ4n) is 2.20. The second-order valence-corrected chi connectivity index (χ2v) is 5.21. The summed E-state index contributed by atoms with van der Waals surface area (Å²) in [6.07, 6.45) is 1.02. The molecule has 0 saturated carbocycles. The van der Waals surface area contributed by atoms with Gasteiger partial charge < -0.3 is 19.6 Å². The fraction of sp³-hybridized carbons (Fsp3) is 0.846. The Kier molecular flexibility index (Phi) is 5.60. The van der Waals surface area contributed by atoms with Gasteiger partial charge in [-0.05, 0) is 26.7 Å². The van der Waals surface area contributed by atoms with E-state index in [1.165, 1.54) is 0 Å². The zero-order valence-electron chi connectivity index (χ0n) is 12.0. The number of ether oxygens (including phenoxy) is 1. The number of carboxylic acids is 1. The molecule has 1 saturated heterocycles. The molecule has 0 aromatic carbocycles. The number of rotatable bonds is 5. The van der Waals surface area contributed by atoms with Crippen LogP contribution >= 0.6 is 0 Å². The SMILES string of the molecule is CCN(CCOC)C(=O)N1CCC(C)(C(=O)O)CC1. The largest absolute Gasteiger partial charge is 0.481 e. The van der Waals surface area contributed by atoms with Crippen molar-refractivity contribution >= 4 is 12.0 Å². The van der Waals surface area contributed by atoms with Crippen molar-refractivity contribution < 1.29 is 19.4 Å². The molecule has 6 nitrogen and oxygen atoms in total. The Balaban J connectivity index is 2.54. The van der Waals surface area contributed by atoms with Crippen molar-refractivity contribution in [1.29, 1.82) is 0 Å². The molecule has 2 amide bonds. The van der Waals surface area contributed by atoms with Crippen molar-refractivity contribution in [3.8, 4) is 0 Å². The molecule has 0 spiro atoms. The van der Waals surface area contributed by atoms with Gasteiger partial charge in [0.2, 0.25) is 0 Å². The summed E-state index contributed by atoms with van der Waals surface area (Å²) in [5.41, 5.74) is -0.694. The van der Waals surface area contributed by atoms with Gasteiger partial charge in [-0.2, -0.15) is 0 Å². The topological polar surface area (TPSA) is 70.1 Å². The number of hydrogen-bond donors (Lipinski definition) is 1. The lowest BCUT2D eigenvalue weighted by atomic mass is 9.80. The highest BCUT2D eigenvalue weighted by atomic mass is 16.5. The number of nitrogens with zero attached hydrogens (tertiary/aromatic N) is 2. The maximum atomic E-state index is 12.3. The highest BCUT2D eigenvalue weighted by molar-refractivity contribution is 5.77. The van der Waals surface area contributed by atoms with Crippen LogP contribution in [0.5, 0.6) is 0 Å². The van der Waals surface area contributed by atoms with E-state index in [9.17, 15) is 9.59 Å². The average Bonchev–Trinajstić information content (AvgIpc) is 2.40. The van der Waals surface area contributed by atoms with Crippen molar-refractivity contribution in [2.24, 2.45) is 5.41 Å². The molecule has 1 aliphatic heterocycles. The zero-order valence-corrected chi connectivity index (χ0v) is 12.0. The summed E-state index contributed by atoms with van der Waals surface area (Å²) in [5, 5.41) is 9.16. The normalized spacial score (nSPS) is 18.2. The maximum absolute atomic E-state index is 12.3. The third kappa shape index (κ3) is 3.83. The molecule has 110 valence electrons. The number of methoxy groups -OCH3 is 1. The minimum atomic E-state index is -0.772. The Morgan fingerprint density at radius 1 is 1.37 bits per heavy atom. The van der Waals surface area contributed by atoms with Crippen LogP contribution in [0.15, 0.2) is 0 Å².